The lowest BCUT2D eigenvalue weighted by Crippen LogP contribution is -2.46. The summed E-state index contributed by atoms with van der Waals surface area (Å²) >= 11 is 0. The van der Waals surface area contributed by atoms with Gasteiger partial charge in [-0.2, -0.15) is 0 Å². The third kappa shape index (κ3) is 3.68. The molecule has 1 aliphatic heterocycles. The predicted octanol–water partition coefficient (Wildman–Crippen LogP) is 2.70. The van der Waals surface area contributed by atoms with Gasteiger partial charge in [0, 0.05) is 44.1 Å². The summed E-state index contributed by atoms with van der Waals surface area (Å²) in [6, 6.07) is 16.1. The number of rotatable bonds is 5. The number of piperazine rings is 1. The van der Waals surface area contributed by atoms with Gasteiger partial charge in [-0.1, -0.05) is 0 Å². The third-order valence-corrected chi connectivity index (χ3v) is 5.48. The summed E-state index contributed by atoms with van der Waals surface area (Å²) in [7, 11) is 1.68. The van der Waals surface area contributed by atoms with Crippen LogP contribution in [0.25, 0.3) is 5.69 Å². The van der Waals surface area contributed by atoms with Crippen LogP contribution in [0.3, 0.4) is 0 Å². The van der Waals surface area contributed by atoms with Crippen molar-refractivity contribution in [2.75, 3.05) is 43.1 Å². The van der Waals surface area contributed by atoms with Crippen LogP contribution in [0.5, 0.6) is 11.6 Å². The average molecular weight is 394 g/mol. The fourth-order valence-corrected chi connectivity index (χ4v) is 3.79. The van der Waals surface area contributed by atoms with Crippen LogP contribution in [0.15, 0.2) is 59.5 Å². The zero-order valence-electron chi connectivity index (χ0n) is 16.8. The van der Waals surface area contributed by atoms with E-state index in [1.807, 2.05) is 43.3 Å². The molecule has 29 heavy (non-hydrogen) atoms. The Morgan fingerprint density at radius 1 is 0.862 bits per heavy atom. The van der Waals surface area contributed by atoms with Crippen molar-refractivity contribution in [2.24, 2.45) is 0 Å². The van der Waals surface area contributed by atoms with E-state index in [4.69, 9.17) is 4.74 Å². The van der Waals surface area contributed by atoms with E-state index in [0.29, 0.717) is 6.54 Å². The molecular weight excluding hydrogens is 368 g/mol. The van der Waals surface area contributed by atoms with Crippen molar-refractivity contribution in [1.29, 1.82) is 0 Å². The largest absolute Gasteiger partial charge is 0.497 e. The van der Waals surface area contributed by atoms with Crippen molar-refractivity contribution in [3.8, 4) is 17.3 Å². The van der Waals surface area contributed by atoms with Gasteiger partial charge < -0.3 is 19.6 Å². The second kappa shape index (κ2) is 7.95. The molecule has 0 radical (unpaired) electrons. The Morgan fingerprint density at radius 3 is 1.79 bits per heavy atom. The summed E-state index contributed by atoms with van der Waals surface area (Å²) < 4.78 is 8.05. The van der Waals surface area contributed by atoms with Gasteiger partial charge in [-0.25, -0.2) is 4.79 Å². The van der Waals surface area contributed by atoms with Gasteiger partial charge in [-0.15, -0.1) is 0 Å². The molecule has 2 heterocycles. The van der Waals surface area contributed by atoms with E-state index in [1.54, 1.807) is 7.11 Å². The molecule has 2 aromatic carbocycles. The molecule has 7 heteroatoms. The molecule has 152 valence electrons. The summed E-state index contributed by atoms with van der Waals surface area (Å²) in [6.45, 7) is 6.02. The summed E-state index contributed by atoms with van der Waals surface area (Å²) in [6.07, 6.45) is 1.47. The van der Waals surface area contributed by atoms with E-state index >= 15 is 0 Å². The Labute approximate surface area is 170 Å². The lowest BCUT2D eigenvalue weighted by atomic mass is 10.2. The molecule has 0 saturated carbocycles. The number of imidazole rings is 1. The summed E-state index contributed by atoms with van der Waals surface area (Å²) in [5, 5.41) is 9.90. The molecule has 0 amide bonds. The minimum Gasteiger partial charge on any atom is -0.497 e. The lowest BCUT2D eigenvalue weighted by Gasteiger charge is -2.37. The summed E-state index contributed by atoms with van der Waals surface area (Å²) in [5.41, 5.74) is 2.86. The highest BCUT2D eigenvalue weighted by molar-refractivity contribution is 5.54. The third-order valence-electron chi connectivity index (χ3n) is 5.48. The van der Waals surface area contributed by atoms with Crippen LogP contribution in [0.2, 0.25) is 0 Å². The van der Waals surface area contributed by atoms with Gasteiger partial charge in [0.2, 0.25) is 5.88 Å². The SMILES string of the molecule is CCn1c(O)cn(-c2ccc(N3CCN(c4ccc(OC)cc4)CC3)cc2)c1=O. The van der Waals surface area contributed by atoms with Gasteiger partial charge in [0.25, 0.3) is 0 Å². The van der Waals surface area contributed by atoms with Gasteiger partial charge >= 0.3 is 5.69 Å². The number of nitrogens with zero attached hydrogens (tertiary/aromatic N) is 4. The zero-order valence-corrected chi connectivity index (χ0v) is 16.8. The minimum atomic E-state index is -0.231. The monoisotopic (exact) mass is 394 g/mol. The first kappa shape index (κ1) is 19.0. The second-order valence-corrected chi connectivity index (χ2v) is 7.07. The number of hydrogen-bond acceptors (Lipinski definition) is 5. The Hall–Kier alpha value is -3.35. The van der Waals surface area contributed by atoms with E-state index in [2.05, 4.69) is 21.9 Å². The molecule has 1 aromatic heterocycles. The molecular formula is C22H26N4O3. The van der Waals surface area contributed by atoms with E-state index in [1.165, 1.54) is 21.0 Å². The van der Waals surface area contributed by atoms with Crippen LogP contribution >= 0.6 is 0 Å². The first-order chi connectivity index (χ1) is 14.1. The number of aromatic hydroxyl groups is 1. The molecule has 1 saturated heterocycles. The van der Waals surface area contributed by atoms with E-state index in [0.717, 1.165) is 43.3 Å². The quantitative estimate of drug-likeness (QED) is 0.721. The molecule has 0 atom stereocenters. The molecule has 0 unspecified atom stereocenters. The smallest absolute Gasteiger partial charge is 0.335 e. The highest BCUT2D eigenvalue weighted by Crippen LogP contribution is 2.23. The molecule has 1 aliphatic rings. The van der Waals surface area contributed by atoms with Gasteiger partial charge in [0.15, 0.2) is 0 Å². The zero-order chi connectivity index (χ0) is 20.4. The molecule has 0 aliphatic carbocycles. The number of hydrogen-bond donors (Lipinski definition) is 1. The van der Waals surface area contributed by atoms with Gasteiger partial charge in [-0.3, -0.25) is 9.13 Å². The van der Waals surface area contributed by atoms with Crippen LogP contribution < -0.4 is 20.2 Å². The number of aromatic nitrogens is 2. The summed E-state index contributed by atoms with van der Waals surface area (Å²) in [5.74, 6) is 0.852. The Bertz CT molecular complexity index is 1010. The van der Waals surface area contributed by atoms with Crippen molar-refractivity contribution >= 4 is 11.4 Å². The molecule has 3 aromatic rings. The maximum atomic E-state index is 12.4. The van der Waals surface area contributed by atoms with Crippen LogP contribution in [0.4, 0.5) is 11.4 Å². The van der Waals surface area contributed by atoms with E-state index in [-0.39, 0.29) is 11.6 Å². The Morgan fingerprint density at radius 2 is 1.34 bits per heavy atom. The maximum absolute atomic E-state index is 12.4. The molecule has 1 N–H and O–H groups in total. The Balaban J connectivity index is 1.43. The number of benzene rings is 2. The normalized spacial score (nSPS) is 14.3. The first-order valence-corrected chi connectivity index (χ1v) is 9.86. The van der Waals surface area contributed by atoms with E-state index < -0.39 is 0 Å². The van der Waals surface area contributed by atoms with Gasteiger partial charge in [-0.05, 0) is 55.5 Å². The van der Waals surface area contributed by atoms with E-state index in [9.17, 15) is 9.90 Å². The highest BCUT2D eigenvalue weighted by Gasteiger charge is 2.18. The number of methoxy groups -OCH3 is 1. The molecule has 4 rings (SSSR count). The molecule has 7 nitrogen and oxygen atoms in total. The van der Waals surface area contributed by atoms with Crippen molar-refractivity contribution in [2.45, 2.75) is 13.5 Å². The number of ether oxygens (including phenoxy) is 1. The average Bonchev–Trinajstić information content (AvgIpc) is 3.07. The Kier molecular flexibility index (Phi) is 5.20. The fourth-order valence-electron chi connectivity index (χ4n) is 3.79. The van der Waals surface area contributed by atoms with Gasteiger partial charge in [0.05, 0.1) is 19.0 Å². The van der Waals surface area contributed by atoms with Gasteiger partial charge in [0.1, 0.15) is 5.75 Å². The minimum absolute atomic E-state index is 0.0174. The predicted molar refractivity (Wildman–Crippen MR) is 115 cm³/mol. The van der Waals surface area contributed by atoms with Crippen LogP contribution in [-0.4, -0.2) is 47.5 Å². The molecule has 0 spiro atoms. The topological polar surface area (TPSA) is 62.9 Å². The van der Waals surface area contributed by atoms with Crippen molar-refractivity contribution in [3.63, 3.8) is 0 Å². The highest BCUT2D eigenvalue weighted by atomic mass is 16.5. The van der Waals surface area contributed by atoms with Crippen LogP contribution in [-0.2, 0) is 6.54 Å². The molecule has 1 fully saturated rings. The standard InChI is InChI=1S/C22H26N4O3/c1-3-25-21(27)16-26(22(25)28)19-6-4-17(5-7-19)23-12-14-24(15-13-23)18-8-10-20(29-2)11-9-18/h4-11,16,27H,3,12-15H2,1-2H3. The lowest BCUT2D eigenvalue weighted by molar-refractivity contribution is 0.415. The number of anilines is 2. The van der Waals surface area contributed by atoms with Crippen LogP contribution in [0, 0.1) is 0 Å². The van der Waals surface area contributed by atoms with Crippen LogP contribution in [0.1, 0.15) is 6.92 Å². The maximum Gasteiger partial charge on any atom is 0.335 e. The molecule has 0 bridgehead atoms. The summed E-state index contributed by atoms with van der Waals surface area (Å²) in [4.78, 5) is 17.1. The van der Waals surface area contributed by atoms with Crippen molar-refractivity contribution in [3.05, 3.63) is 65.2 Å². The van der Waals surface area contributed by atoms with Crippen molar-refractivity contribution < 1.29 is 9.84 Å². The second-order valence-electron chi connectivity index (χ2n) is 7.07. The fraction of sp³-hybridized carbons (Fsp3) is 0.318. The van der Waals surface area contributed by atoms with Crippen molar-refractivity contribution in [1.82, 2.24) is 9.13 Å². The first-order valence-electron chi connectivity index (χ1n) is 9.86.